The summed E-state index contributed by atoms with van der Waals surface area (Å²) in [5, 5.41) is 0. The highest BCUT2D eigenvalue weighted by molar-refractivity contribution is 7.48. The maximum absolute atomic E-state index is 12.5. The Balaban J connectivity index is 2.34. The molecule has 0 saturated heterocycles. The molecule has 0 heterocycles. The molecular formula is C16H19O4P. The van der Waals surface area contributed by atoms with E-state index in [1.165, 1.54) is 0 Å². The van der Waals surface area contributed by atoms with Gasteiger partial charge < -0.3 is 4.52 Å². The molecular weight excluding hydrogens is 287 g/mol. The molecule has 2 aromatic carbocycles. The summed E-state index contributed by atoms with van der Waals surface area (Å²) >= 11 is 0. The summed E-state index contributed by atoms with van der Waals surface area (Å²) in [6.07, 6.45) is 0. The lowest BCUT2D eigenvalue weighted by atomic mass is 10.1. The van der Waals surface area contributed by atoms with E-state index in [0.717, 1.165) is 11.1 Å². The van der Waals surface area contributed by atoms with Crippen LogP contribution in [0.2, 0.25) is 0 Å². The van der Waals surface area contributed by atoms with Crippen LogP contribution < -0.4 is 4.52 Å². The normalized spacial score (nSPS) is 11.3. The molecule has 21 heavy (non-hydrogen) atoms. The van der Waals surface area contributed by atoms with E-state index in [9.17, 15) is 4.57 Å². The van der Waals surface area contributed by atoms with Crippen LogP contribution in [0.15, 0.2) is 54.6 Å². The van der Waals surface area contributed by atoms with E-state index < -0.39 is 7.82 Å². The quantitative estimate of drug-likeness (QED) is 0.681. The van der Waals surface area contributed by atoms with E-state index in [2.05, 4.69) is 0 Å². The second kappa shape index (κ2) is 7.41. The zero-order valence-electron chi connectivity index (χ0n) is 12.2. The van der Waals surface area contributed by atoms with Crippen LogP contribution in [-0.4, -0.2) is 13.2 Å². The Labute approximate surface area is 125 Å². The Morgan fingerprint density at radius 3 is 2.05 bits per heavy atom. The van der Waals surface area contributed by atoms with Gasteiger partial charge in [-0.3, -0.25) is 9.05 Å². The van der Waals surface area contributed by atoms with Gasteiger partial charge in [-0.15, -0.1) is 0 Å². The minimum Gasteiger partial charge on any atom is -0.403 e. The highest BCUT2D eigenvalue weighted by atomic mass is 31.2. The van der Waals surface area contributed by atoms with Crippen molar-refractivity contribution in [3.8, 4) is 16.9 Å². The van der Waals surface area contributed by atoms with Crippen LogP contribution >= 0.6 is 7.82 Å². The van der Waals surface area contributed by atoms with Gasteiger partial charge in [-0.2, -0.15) is 0 Å². The van der Waals surface area contributed by atoms with Crippen molar-refractivity contribution >= 4 is 7.82 Å². The van der Waals surface area contributed by atoms with Gasteiger partial charge in [-0.05, 0) is 25.5 Å². The maximum atomic E-state index is 12.5. The van der Waals surface area contributed by atoms with Gasteiger partial charge in [0.25, 0.3) is 0 Å². The number of para-hydroxylation sites is 1. The van der Waals surface area contributed by atoms with E-state index in [4.69, 9.17) is 13.6 Å². The zero-order chi connectivity index (χ0) is 15.1. The molecule has 0 fully saturated rings. The predicted molar refractivity (Wildman–Crippen MR) is 83.4 cm³/mol. The van der Waals surface area contributed by atoms with Crippen LogP contribution in [0.25, 0.3) is 11.1 Å². The number of rotatable bonds is 7. The third-order valence-electron chi connectivity index (χ3n) is 2.76. The molecule has 0 bridgehead atoms. The summed E-state index contributed by atoms with van der Waals surface area (Å²) in [6.45, 7) is 4.01. The van der Waals surface area contributed by atoms with Crippen LogP contribution in [0.4, 0.5) is 0 Å². The van der Waals surface area contributed by atoms with E-state index in [1.807, 2.05) is 48.5 Å². The molecule has 2 aromatic rings. The van der Waals surface area contributed by atoms with Crippen LogP contribution in [0, 0.1) is 0 Å². The summed E-state index contributed by atoms with van der Waals surface area (Å²) in [6, 6.07) is 17.2. The molecule has 0 atom stereocenters. The Hall–Kier alpha value is -1.61. The van der Waals surface area contributed by atoms with E-state index in [1.54, 1.807) is 19.9 Å². The van der Waals surface area contributed by atoms with Gasteiger partial charge in [0.1, 0.15) is 5.75 Å². The highest BCUT2D eigenvalue weighted by Crippen LogP contribution is 2.51. The Morgan fingerprint density at radius 2 is 1.43 bits per heavy atom. The molecule has 112 valence electrons. The first-order valence-electron chi connectivity index (χ1n) is 6.91. The summed E-state index contributed by atoms with van der Waals surface area (Å²) in [4.78, 5) is 0. The van der Waals surface area contributed by atoms with Crippen molar-refractivity contribution in [3.63, 3.8) is 0 Å². The van der Waals surface area contributed by atoms with E-state index >= 15 is 0 Å². The second-order valence-electron chi connectivity index (χ2n) is 4.24. The van der Waals surface area contributed by atoms with Gasteiger partial charge in [0, 0.05) is 5.56 Å². The molecule has 0 aliphatic heterocycles. The number of phosphoric ester groups is 1. The average molecular weight is 306 g/mol. The van der Waals surface area contributed by atoms with E-state index in [-0.39, 0.29) is 13.2 Å². The number of hydrogen-bond donors (Lipinski definition) is 0. The Morgan fingerprint density at radius 1 is 0.857 bits per heavy atom. The third kappa shape index (κ3) is 4.18. The second-order valence-corrected chi connectivity index (χ2v) is 5.83. The fraction of sp³-hybridized carbons (Fsp3) is 0.250. The number of phosphoric acid groups is 1. The van der Waals surface area contributed by atoms with Crippen LogP contribution in [0.5, 0.6) is 5.75 Å². The predicted octanol–water partition coefficient (Wildman–Crippen LogP) is 4.91. The molecule has 0 spiro atoms. The molecule has 0 N–H and O–H groups in total. The molecule has 0 aliphatic rings. The lowest BCUT2D eigenvalue weighted by Gasteiger charge is -2.19. The highest BCUT2D eigenvalue weighted by Gasteiger charge is 2.28. The van der Waals surface area contributed by atoms with Crippen molar-refractivity contribution < 1.29 is 18.1 Å². The SMILES string of the molecule is CCOP(=O)(OCC)Oc1ccccc1-c1ccccc1. The van der Waals surface area contributed by atoms with Gasteiger partial charge in [0.15, 0.2) is 0 Å². The van der Waals surface area contributed by atoms with E-state index in [0.29, 0.717) is 5.75 Å². The number of hydrogen-bond acceptors (Lipinski definition) is 4. The molecule has 2 rings (SSSR count). The van der Waals surface area contributed by atoms with Gasteiger partial charge >= 0.3 is 7.82 Å². The van der Waals surface area contributed by atoms with Crippen molar-refractivity contribution in [2.75, 3.05) is 13.2 Å². The first kappa shape index (κ1) is 15.8. The number of benzene rings is 2. The lowest BCUT2D eigenvalue weighted by molar-refractivity contribution is 0.168. The van der Waals surface area contributed by atoms with Crippen molar-refractivity contribution in [3.05, 3.63) is 54.6 Å². The maximum Gasteiger partial charge on any atom is 0.530 e. The summed E-state index contributed by atoms with van der Waals surface area (Å²) in [5.41, 5.74) is 1.82. The largest absolute Gasteiger partial charge is 0.530 e. The average Bonchev–Trinajstić information content (AvgIpc) is 2.49. The smallest absolute Gasteiger partial charge is 0.403 e. The Kier molecular flexibility index (Phi) is 5.57. The van der Waals surface area contributed by atoms with Crippen molar-refractivity contribution in [1.29, 1.82) is 0 Å². The van der Waals surface area contributed by atoms with Gasteiger partial charge in [-0.25, -0.2) is 4.57 Å². The molecule has 4 nitrogen and oxygen atoms in total. The van der Waals surface area contributed by atoms with Crippen LogP contribution in [0.1, 0.15) is 13.8 Å². The summed E-state index contributed by atoms with van der Waals surface area (Å²) in [5.74, 6) is 0.480. The molecule has 5 heteroatoms. The molecule has 0 aliphatic carbocycles. The van der Waals surface area contributed by atoms with Gasteiger partial charge in [0.2, 0.25) is 0 Å². The van der Waals surface area contributed by atoms with Crippen LogP contribution in [-0.2, 0) is 13.6 Å². The molecule has 0 unspecified atom stereocenters. The Bertz CT molecular complexity index is 603. The first-order valence-corrected chi connectivity index (χ1v) is 8.37. The zero-order valence-corrected chi connectivity index (χ0v) is 13.1. The summed E-state index contributed by atoms with van der Waals surface area (Å²) < 4.78 is 28.4. The minimum absolute atomic E-state index is 0.255. The summed E-state index contributed by atoms with van der Waals surface area (Å²) in [7, 11) is -3.59. The first-order chi connectivity index (χ1) is 10.2. The fourth-order valence-corrected chi connectivity index (χ4v) is 3.14. The lowest BCUT2D eigenvalue weighted by Crippen LogP contribution is -2.03. The molecule has 0 aromatic heterocycles. The molecule has 0 amide bonds. The van der Waals surface area contributed by atoms with Crippen molar-refractivity contribution in [2.45, 2.75) is 13.8 Å². The minimum atomic E-state index is -3.59. The van der Waals surface area contributed by atoms with Gasteiger partial charge in [0.05, 0.1) is 13.2 Å². The monoisotopic (exact) mass is 306 g/mol. The van der Waals surface area contributed by atoms with Crippen molar-refractivity contribution in [1.82, 2.24) is 0 Å². The molecule has 0 radical (unpaired) electrons. The van der Waals surface area contributed by atoms with Gasteiger partial charge in [-0.1, -0.05) is 48.5 Å². The topological polar surface area (TPSA) is 44.8 Å². The molecule has 0 saturated carbocycles. The third-order valence-corrected chi connectivity index (χ3v) is 4.33. The standard InChI is InChI=1S/C16H19O4P/c1-3-18-21(17,19-4-2)20-16-13-9-8-12-15(16)14-10-6-5-7-11-14/h5-13H,3-4H2,1-2H3. The van der Waals surface area contributed by atoms with Crippen LogP contribution in [0.3, 0.4) is 0 Å². The van der Waals surface area contributed by atoms with Crippen molar-refractivity contribution in [2.24, 2.45) is 0 Å². The fourth-order valence-electron chi connectivity index (χ4n) is 1.93.